The summed E-state index contributed by atoms with van der Waals surface area (Å²) >= 11 is 0. The standard InChI is InChI=1S/C14H16O2.V/c1-6-9-13-14(15-5)12(8-3)11(7-2)10(4)16-13;/h1-3,10-14H,9H2,4-5H3;. The summed E-state index contributed by atoms with van der Waals surface area (Å²) in [6.45, 7) is 1.92. The molecule has 1 heterocycles. The molecule has 0 amide bonds. The van der Waals surface area contributed by atoms with Gasteiger partial charge in [0.2, 0.25) is 0 Å². The molecular formula is C14H16O2V. The molecule has 0 aromatic heterocycles. The Morgan fingerprint density at radius 1 is 1.18 bits per heavy atom. The second kappa shape index (κ2) is 7.50. The first-order valence-electron chi connectivity index (χ1n) is 5.23. The summed E-state index contributed by atoms with van der Waals surface area (Å²) in [5.74, 6) is 7.70. The molecule has 1 saturated heterocycles. The molecule has 0 N–H and O–H groups in total. The van der Waals surface area contributed by atoms with E-state index < -0.39 is 0 Å². The summed E-state index contributed by atoms with van der Waals surface area (Å²) in [6, 6.07) is 0. The van der Waals surface area contributed by atoms with Crippen LogP contribution in [0.15, 0.2) is 0 Å². The summed E-state index contributed by atoms with van der Waals surface area (Å²) in [5, 5.41) is 0. The molecule has 1 fully saturated rings. The van der Waals surface area contributed by atoms with Crippen molar-refractivity contribution >= 4 is 0 Å². The molecule has 0 aliphatic carbocycles. The van der Waals surface area contributed by atoms with E-state index in [4.69, 9.17) is 28.7 Å². The molecule has 1 aliphatic heterocycles. The largest absolute Gasteiger partial charge is 0.377 e. The zero-order valence-corrected chi connectivity index (χ0v) is 11.5. The van der Waals surface area contributed by atoms with Gasteiger partial charge in [0.1, 0.15) is 0 Å². The van der Waals surface area contributed by atoms with Crippen molar-refractivity contribution in [3.8, 4) is 37.0 Å². The van der Waals surface area contributed by atoms with E-state index in [1.54, 1.807) is 7.11 Å². The Morgan fingerprint density at radius 3 is 2.18 bits per heavy atom. The maximum atomic E-state index is 5.76. The van der Waals surface area contributed by atoms with E-state index >= 15 is 0 Å². The van der Waals surface area contributed by atoms with E-state index in [1.807, 2.05) is 6.92 Å². The van der Waals surface area contributed by atoms with Gasteiger partial charge in [0.25, 0.3) is 0 Å². The van der Waals surface area contributed by atoms with Crippen LogP contribution in [0.3, 0.4) is 0 Å². The van der Waals surface area contributed by atoms with Crippen molar-refractivity contribution in [1.82, 2.24) is 0 Å². The molecule has 89 valence electrons. The first-order chi connectivity index (χ1) is 7.69. The monoisotopic (exact) mass is 267 g/mol. The van der Waals surface area contributed by atoms with Gasteiger partial charge in [-0.2, -0.15) is 0 Å². The first kappa shape index (κ1) is 16.2. The molecule has 5 atom stereocenters. The van der Waals surface area contributed by atoms with Crippen LogP contribution in [-0.4, -0.2) is 25.4 Å². The molecule has 0 aromatic rings. The third-order valence-electron chi connectivity index (χ3n) is 2.98. The van der Waals surface area contributed by atoms with Crippen molar-refractivity contribution in [2.24, 2.45) is 11.8 Å². The molecule has 17 heavy (non-hydrogen) atoms. The van der Waals surface area contributed by atoms with Crippen molar-refractivity contribution in [2.45, 2.75) is 31.7 Å². The molecule has 0 saturated carbocycles. The molecule has 0 aromatic carbocycles. The number of hydrogen-bond donors (Lipinski definition) is 0. The van der Waals surface area contributed by atoms with Gasteiger partial charge in [-0.15, -0.1) is 25.2 Å². The Kier molecular flexibility index (Phi) is 7.14. The average molecular weight is 267 g/mol. The van der Waals surface area contributed by atoms with E-state index in [-0.39, 0.29) is 48.7 Å². The van der Waals surface area contributed by atoms with Crippen LogP contribution in [0.25, 0.3) is 0 Å². The summed E-state index contributed by atoms with van der Waals surface area (Å²) in [7, 11) is 1.60. The SMILES string of the molecule is C#CCC1OC(C)C(C#C)C(C#C)C1OC.[V]. The van der Waals surface area contributed by atoms with E-state index in [0.29, 0.717) is 6.42 Å². The number of ether oxygens (including phenoxy) is 2. The van der Waals surface area contributed by atoms with Crippen LogP contribution in [0.5, 0.6) is 0 Å². The summed E-state index contributed by atoms with van der Waals surface area (Å²) < 4.78 is 11.1. The van der Waals surface area contributed by atoms with Crippen molar-refractivity contribution < 1.29 is 28.0 Å². The number of hydrogen-bond acceptors (Lipinski definition) is 2. The molecular weight excluding hydrogens is 251 g/mol. The maximum absolute atomic E-state index is 5.76. The van der Waals surface area contributed by atoms with Crippen LogP contribution in [0.1, 0.15) is 13.3 Å². The van der Waals surface area contributed by atoms with Gasteiger partial charge in [-0.3, -0.25) is 0 Å². The van der Waals surface area contributed by atoms with Crippen LogP contribution >= 0.6 is 0 Å². The Bertz CT molecular complexity index is 358. The van der Waals surface area contributed by atoms with Gasteiger partial charge in [-0.1, -0.05) is 11.8 Å². The zero-order valence-electron chi connectivity index (χ0n) is 10.1. The maximum Gasteiger partial charge on any atom is 0.0992 e. The van der Waals surface area contributed by atoms with Crippen LogP contribution in [0.4, 0.5) is 0 Å². The van der Waals surface area contributed by atoms with Gasteiger partial charge in [-0.25, -0.2) is 0 Å². The second-order valence-electron chi connectivity index (χ2n) is 3.87. The molecule has 5 unspecified atom stereocenters. The van der Waals surface area contributed by atoms with Gasteiger partial charge in [-0.05, 0) is 6.92 Å². The number of rotatable bonds is 2. The van der Waals surface area contributed by atoms with Crippen LogP contribution < -0.4 is 0 Å². The number of methoxy groups -OCH3 is 1. The van der Waals surface area contributed by atoms with Crippen molar-refractivity contribution in [1.29, 1.82) is 0 Å². The quantitative estimate of drug-likeness (QED) is 0.702. The fourth-order valence-electron chi connectivity index (χ4n) is 2.18. The normalized spacial score (nSPS) is 35.8. The molecule has 2 nitrogen and oxygen atoms in total. The minimum atomic E-state index is -0.224. The Hall–Kier alpha value is -0.816. The topological polar surface area (TPSA) is 18.5 Å². The van der Waals surface area contributed by atoms with E-state index in [9.17, 15) is 0 Å². The van der Waals surface area contributed by atoms with Gasteiger partial charge in [0.05, 0.1) is 30.1 Å². The van der Waals surface area contributed by atoms with Crippen molar-refractivity contribution in [2.75, 3.05) is 7.11 Å². The Balaban J connectivity index is 0.00000256. The second-order valence-corrected chi connectivity index (χ2v) is 3.87. The smallest absolute Gasteiger partial charge is 0.0992 e. The fraction of sp³-hybridized carbons (Fsp3) is 0.571. The molecule has 1 radical (unpaired) electrons. The van der Waals surface area contributed by atoms with Gasteiger partial charge in [0.15, 0.2) is 0 Å². The average Bonchev–Trinajstić information content (AvgIpc) is 2.28. The van der Waals surface area contributed by atoms with E-state index in [2.05, 4.69) is 17.8 Å². The summed E-state index contributed by atoms with van der Waals surface area (Å²) in [5.41, 5.74) is 0. The predicted molar refractivity (Wildman–Crippen MR) is 63.2 cm³/mol. The molecule has 3 heteroatoms. The molecule has 0 bridgehead atoms. The minimum absolute atomic E-state index is 0. The molecule has 0 spiro atoms. The third kappa shape index (κ3) is 3.32. The zero-order chi connectivity index (χ0) is 12.1. The molecule has 1 rings (SSSR count). The van der Waals surface area contributed by atoms with Crippen molar-refractivity contribution in [3.05, 3.63) is 0 Å². The first-order valence-corrected chi connectivity index (χ1v) is 5.23. The minimum Gasteiger partial charge on any atom is -0.377 e. The summed E-state index contributed by atoms with van der Waals surface area (Å²) in [6.07, 6.45) is 16.3. The van der Waals surface area contributed by atoms with Crippen molar-refractivity contribution in [3.63, 3.8) is 0 Å². The molecule has 1 aliphatic rings. The van der Waals surface area contributed by atoms with Gasteiger partial charge < -0.3 is 9.47 Å². The Morgan fingerprint density at radius 2 is 1.76 bits per heavy atom. The van der Waals surface area contributed by atoms with E-state index in [0.717, 1.165) is 0 Å². The Labute approximate surface area is 116 Å². The van der Waals surface area contributed by atoms with Crippen LogP contribution in [0.2, 0.25) is 0 Å². The predicted octanol–water partition coefficient (Wildman–Crippen LogP) is 1.31. The van der Waals surface area contributed by atoms with Crippen LogP contribution in [0, 0.1) is 48.9 Å². The van der Waals surface area contributed by atoms with Gasteiger partial charge in [0, 0.05) is 32.1 Å². The van der Waals surface area contributed by atoms with Crippen LogP contribution in [-0.2, 0) is 28.0 Å². The van der Waals surface area contributed by atoms with Gasteiger partial charge >= 0.3 is 0 Å². The summed E-state index contributed by atoms with van der Waals surface area (Å²) in [4.78, 5) is 0. The number of terminal acetylenes is 3. The fourth-order valence-corrected chi connectivity index (χ4v) is 2.18. The third-order valence-corrected chi connectivity index (χ3v) is 2.98. The van der Waals surface area contributed by atoms with E-state index in [1.165, 1.54) is 0 Å².